The fourth-order valence-electron chi connectivity index (χ4n) is 13.7. The van der Waals surface area contributed by atoms with Gasteiger partial charge in [0, 0.05) is 6.42 Å². The molecule has 3 heterocycles. The molecule has 0 spiro atoms. The smallest absolute Gasteiger partial charge is 0.220 e. The largest absolute Gasteiger partial charge is 0.394 e. The second-order valence-corrected chi connectivity index (χ2v) is 28.2. The van der Waals surface area contributed by atoms with Gasteiger partial charge < -0.3 is 89.9 Å². The van der Waals surface area contributed by atoms with Gasteiger partial charge in [0.25, 0.3) is 0 Å². The van der Waals surface area contributed by atoms with Crippen LogP contribution in [0.25, 0.3) is 0 Å². The number of amides is 1. The molecule has 17 unspecified atom stereocenters. The maximum atomic E-state index is 13.5. The molecule has 552 valence electrons. The molecule has 3 fully saturated rings. The molecule has 93 heavy (non-hydrogen) atoms. The Kier molecular flexibility index (Phi) is 52.3. The van der Waals surface area contributed by atoms with Crippen LogP contribution >= 0.6 is 0 Å². The minimum absolute atomic E-state index is 0.233. The molecule has 0 radical (unpaired) electrons. The van der Waals surface area contributed by atoms with E-state index in [0.29, 0.717) is 12.8 Å². The van der Waals surface area contributed by atoms with Crippen LogP contribution in [0.3, 0.4) is 0 Å². The van der Waals surface area contributed by atoms with E-state index in [-0.39, 0.29) is 18.9 Å². The first-order valence-corrected chi connectivity index (χ1v) is 38.8. The van der Waals surface area contributed by atoms with Gasteiger partial charge in [0.05, 0.1) is 38.6 Å². The van der Waals surface area contributed by atoms with Crippen LogP contribution in [-0.4, -0.2) is 193 Å². The summed E-state index contributed by atoms with van der Waals surface area (Å²) in [5.41, 5.74) is 0. The van der Waals surface area contributed by atoms with Gasteiger partial charge in [0.1, 0.15) is 73.2 Å². The highest BCUT2D eigenvalue weighted by Crippen LogP contribution is 2.33. The number of unbranched alkanes of at least 4 members (excludes halogenated alkanes) is 46. The number of rotatable bonds is 62. The lowest BCUT2D eigenvalue weighted by molar-refractivity contribution is -0.379. The second-order valence-electron chi connectivity index (χ2n) is 28.2. The fourth-order valence-corrected chi connectivity index (χ4v) is 13.7. The first kappa shape index (κ1) is 86.0. The van der Waals surface area contributed by atoms with Gasteiger partial charge in [-0.05, 0) is 12.8 Å². The first-order valence-electron chi connectivity index (χ1n) is 38.8. The van der Waals surface area contributed by atoms with Crippen molar-refractivity contribution < 1.29 is 89.4 Å². The predicted octanol–water partition coefficient (Wildman–Crippen LogP) is 11.8. The Bertz CT molecular complexity index is 1690. The lowest BCUT2D eigenvalue weighted by Crippen LogP contribution is -2.66. The summed E-state index contributed by atoms with van der Waals surface area (Å²) < 4.78 is 34.5. The number of carbonyl (C=O) groups is 1. The normalized spacial score (nSPS) is 27.4. The van der Waals surface area contributed by atoms with Gasteiger partial charge in [-0.3, -0.25) is 4.79 Å². The molecule has 1 amide bonds. The summed E-state index contributed by atoms with van der Waals surface area (Å²) in [5.74, 6) is -0.233. The van der Waals surface area contributed by atoms with Crippen LogP contribution < -0.4 is 5.32 Å². The molecule has 3 aliphatic heterocycles. The van der Waals surface area contributed by atoms with Crippen molar-refractivity contribution in [1.82, 2.24) is 5.32 Å². The average Bonchev–Trinajstić information content (AvgIpc) is 0.994. The van der Waals surface area contributed by atoms with E-state index in [4.69, 9.17) is 28.4 Å². The topological polar surface area (TPSA) is 307 Å². The maximum Gasteiger partial charge on any atom is 0.220 e. The molecule has 0 saturated carbocycles. The van der Waals surface area contributed by atoms with Gasteiger partial charge in [0.2, 0.25) is 5.91 Å². The van der Waals surface area contributed by atoms with Crippen LogP contribution in [0.2, 0.25) is 0 Å². The van der Waals surface area contributed by atoms with Gasteiger partial charge in [-0.2, -0.15) is 0 Å². The Labute approximate surface area is 563 Å². The predicted molar refractivity (Wildman–Crippen MR) is 365 cm³/mol. The minimum Gasteiger partial charge on any atom is -0.394 e. The monoisotopic (exact) mass is 1330 g/mol. The summed E-state index contributed by atoms with van der Waals surface area (Å²) in [6.07, 6.45) is 36.1. The number of hydrogen-bond donors (Lipinski definition) is 12. The van der Waals surface area contributed by atoms with Gasteiger partial charge in [-0.15, -0.1) is 0 Å². The standard InChI is InChI=1S/C74H143NO18/c1-3-5-7-9-11-13-15-17-19-21-23-25-27-28-29-30-31-33-35-37-39-41-43-45-47-49-51-58(79)57(75-62(80)52-50-48-46-44-42-40-38-36-34-32-26-24-22-20-18-16-14-12-10-8-6-4-2)56-88-72-68(86)65(83)70(60(54-77)90-72)93-74-69(87)66(84)71(61(55-78)91-74)92-73-67(85)64(82)63(81)59(53-76)89-73/h57-61,63-74,76-79,81-87H,3-56H2,1-2H3,(H,75,80). The van der Waals surface area contributed by atoms with Crippen LogP contribution in [0, 0.1) is 0 Å². The average molecular weight is 1330 g/mol. The Morgan fingerprint density at radius 3 is 0.935 bits per heavy atom. The van der Waals surface area contributed by atoms with E-state index in [0.717, 1.165) is 44.9 Å². The van der Waals surface area contributed by atoms with Crippen molar-refractivity contribution in [3.63, 3.8) is 0 Å². The summed E-state index contributed by atoms with van der Waals surface area (Å²) in [6.45, 7) is 1.87. The van der Waals surface area contributed by atoms with E-state index in [9.17, 15) is 61.0 Å². The van der Waals surface area contributed by atoms with Crippen molar-refractivity contribution in [2.75, 3.05) is 26.4 Å². The Balaban J connectivity index is 1.39. The lowest BCUT2D eigenvalue weighted by atomic mass is 9.96. The Morgan fingerprint density at radius 2 is 0.613 bits per heavy atom. The Hall–Kier alpha value is -1.21. The second kappa shape index (κ2) is 56.5. The quantitative estimate of drug-likeness (QED) is 0.0252. The van der Waals surface area contributed by atoms with E-state index in [1.165, 1.54) is 257 Å². The number of nitrogens with one attached hydrogen (secondary N) is 1. The zero-order valence-electron chi connectivity index (χ0n) is 58.8. The maximum absolute atomic E-state index is 13.5. The van der Waals surface area contributed by atoms with Crippen LogP contribution in [0.4, 0.5) is 0 Å². The summed E-state index contributed by atoms with van der Waals surface area (Å²) >= 11 is 0. The zero-order valence-corrected chi connectivity index (χ0v) is 58.8. The van der Waals surface area contributed by atoms with Gasteiger partial charge in [-0.1, -0.05) is 316 Å². The van der Waals surface area contributed by atoms with Crippen molar-refractivity contribution in [2.45, 2.75) is 439 Å². The van der Waals surface area contributed by atoms with Gasteiger partial charge >= 0.3 is 0 Å². The molecular weight excluding hydrogens is 1190 g/mol. The summed E-state index contributed by atoms with van der Waals surface area (Å²) in [4.78, 5) is 13.5. The third-order valence-electron chi connectivity index (χ3n) is 19.9. The van der Waals surface area contributed by atoms with Gasteiger partial charge in [-0.25, -0.2) is 0 Å². The highest BCUT2D eigenvalue weighted by atomic mass is 16.8. The van der Waals surface area contributed by atoms with Crippen molar-refractivity contribution >= 4 is 5.91 Å². The van der Waals surface area contributed by atoms with E-state index in [1.807, 2.05) is 0 Å². The van der Waals surface area contributed by atoms with E-state index >= 15 is 0 Å². The van der Waals surface area contributed by atoms with Crippen molar-refractivity contribution in [3.8, 4) is 0 Å². The van der Waals surface area contributed by atoms with Crippen molar-refractivity contribution in [1.29, 1.82) is 0 Å². The first-order chi connectivity index (χ1) is 45.3. The molecule has 3 aliphatic rings. The number of hydrogen-bond acceptors (Lipinski definition) is 18. The van der Waals surface area contributed by atoms with Crippen LogP contribution in [0.15, 0.2) is 0 Å². The molecule has 12 N–H and O–H groups in total. The molecule has 19 heteroatoms. The molecule has 0 aromatic carbocycles. The van der Waals surface area contributed by atoms with E-state index in [2.05, 4.69) is 19.2 Å². The molecule has 3 saturated heterocycles. The molecule has 0 aromatic rings. The third kappa shape index (κ3) is 37.7. The number of aliphatic hydroxyl groups is 11. The number of ether oxygens (including phenoxy) is 6. The minimum atomic E-state index is -1.97. The molecule has 0 bridgehead atoms. The Morgan fingerprint density at radius 1 is 0.344 bits per heavy atom. The summed E-state index contributed by atoms with van der Waals surface area (Å²) in [6, 6.07) is -0.883. The highest BCUT2D eigenvalue weighted by Gasteiger charge is 2.54. The molecular formula is C74H143NO18. The SMILES string of the molecule is CCCCCCCCCCCCCCCCCCCCCCCCCCCCC(O)C(COC1OC(CO)C(OC2OC(CO)C(OC3OC(CO)C(O)C(O)C3O)C(O)C2O)C(O)C1O)NC(=O)CCCCCCCCCCCCCCCCCCCCCCCC. The van der Waals surface area contributed by atoms with E-state index in [1.54, 1.807) is 0 Å². The van der Waals surface area contributed by atoms with Crippen LogP contribution in [0.1, 0.15) is 335 Å². The fraction of sp³-hybridized carbons (Fsp3) is 0.986. The third-order valence-corrected chi connectivity index (χ3v) is 19.9. The van der Waals surface area contributed by atoms with Gasteiger partial charge in [0.15, 0.2) is 18.9 Å². The molecule has 0 aromatic heterocycles. The van der Waals surface area contributed by atoms with Crippen LogP contribution in [-0.2, 0) is 33.2 Å². The number of carbonyl (C=O) groups excluding carboxylic acids is 1. The molecule has 3 rings (SSSR count). The van der Waals surface area contributed by atoms with E-state index < -0.39 is 124 Å². The van der Waals surface area contributed by atoms with Crippen molar-refractivity contribution in [2.24, 2.45) is 0 Å². The van der Waals surface area contributed by atoms with Crippen LogP contribution in [0.5, 0.6) is 0 Å². The highest BCUT2D eigenvalue weighted by molar-refractivity contribution is 5.76. The molecule has 19 nitrogen and oxygen atoms in total. The zero-order chi connectivity index (χ0) is 67.5. The lowest BCUT2D eigenvalue weighted by Gasteiger charge is -2.48. The molecule has 17 atom stereocenters. The summed E-state index contributed by atoms with van der Waals surface area (Å²) in [7, 11) is 0. The number of aliphatic hydroxyl groups excluding tert-OH is 11. The summed E-state index contributed by atoms with van der Waals surface area (Å²) in [5, 5.41) is 121. The van der Waals surface area contributed by atoms with Crippen molar-refractivity contribution in [3.05, 3.63) is 0 Å². The molecule has 0 aliphatic carbocycles.